The zero-order valence-corrected chi connectivity index (χ0v) is 11.8. The Labute approximate surface area is 113 Å². The molecule has 0 saturated heterocycles. The van der Waals surface area contributed by atoms with E-state index in [0.29, 0.717) is 31.1 Å². The number of aryl methyl sites for hydroxylation is 2. The minimum atomic E-state index is -0.0438. The van der Waals surface area contributed by atoms with Gasteiger partial charge in [0.25, 0.3) is 5.91 Å². The van der Waals surface area contributed by atoms with E-state index in [1.807, 2.05) is 26.0 Å². The molecule has 1 amide bonds. The van der Waals surface area contributed by atoms with Crippen molar-refractivity contribution in [3.63, 3.8) is 0 Å². The highest BCUT2D eigenvalue weighted by Crippen LogP contribution is 2.10. The SMILES string of the molecule is COCCN(CCCl)C(=O)c1ccc(C)nc1C. The Bertz CT molecular complexity index is 410. The largest absolute Gasteiger partial charge is 0.383 e. The second-order valence-corrected chi connectivity index (χ2v) is 4.44. The molecule has 0 aliphatic carbocycles. The summed E-state index contributed by atoms with van der Waals surface area (Å²) in [5.74, 6) is 0.367. The zero-order chi connectivity index (χ0) is 13.5. The first-order valence-corrected chi connectivity index (χ1v) is 6.42. The number of pyridine rings is 1. The molecule has 5 heteroatoms. The van der Waals surface area contributed by atoms with E-state index in [1.165, 1.54) is 0 Å². The van der Waals surface area contributed by atoms with Crippen LogP contribution in [-0.2, 0) is 4.74 Å². The number of carbonyl (C=O) groups is 1. The van der Waals surface area contributed by atoms with Gasteiger partial charge in [-0.3, -0.25) is 9.78 Å². The Morgan fingerprint density at radius 2 is 2.11 bits per heavy atom. The van der Waals surface area contributed by atoms with E-state index < -0.39 is 0 Å². The van der Waals surface area contributed by atoms with Crippen molar-refractivity contribution in [1.29, 1.82) is 0 Å². The van der Waals surface area contributed by atoms with Crippen molar-refractivity contribution in [2.24, 2.45) is 0 Å². The maximum Gasteiger partial charge on any atom is 0.255 e. The van der Waals surface area contributed by atoms with Crippen LogP contribution in [0.5, 0.6) is 0 Å². The van der Waals surface area contributed by atoms with Crippen LogP contribution in [0.15, 0.2) is 12.1 Å². The molecular weight excluding hydrogens is 252 g/mol. The molecular formula is C13H19ClN2O2. The molecule has 0 fully saturated rings. The van der Waals surface area contributed by atoms with Crippen LogP contribution in [-0.4, -0.2) is 48.5 Å². The number of nitrogens with zero attached hydrogens (tertiary/aromatic N) is 2. The molecule has 18 heavy (non-hydrogen) atoms. The average molecular weight is 271 g/mol. The molecule has 1 rings (SSSR count). The molecule has 0 saturated carbocycles. The van der Waals surface area contributed by atoms with Crippen LogP contribution in [0.25, 0.3) is 0 Å². The number of hydrogen-bond acceptors (Lipinski definition) is 3. The highest BCUT2D eigenvalue weighted by Gasteiger charge is 2.17. The average Bonchev–Trinajstić information content (AvgIpc) is 2.33. The second kappa shape index (κ2) is 7.34. The van der Waals surface area contributed by atoms with Crippen LogP contribution in [0.4, 0.5) is 0 Å². The molecule has 0 atom stereocenters. The summed E-state index contributed by atoms with van der Waals surface area (Å²) in [6.45, 7) is 5.30. The molecule has 0 unspecified atom stereocenters. The fraction of sp³-hybridized carbons (Fsp3) is 0.538. The molecule has 0 N–H and O–H groups in total. The van der Waals surface area contributed by atoms with Crippen molar-refractivity contribution in [1.82, 2.24) is 9.88 Å². The molecule has 1 aromatic heterocycles. The zero-order valence-electron chi connectivity index (χ0n) is 11.1. The number of alkyl halides is 1. The van der Waals surface area contributed by atoms with Crippen LogP contribution in [0.2, 0.25) is 0 Å². The lowest BCUT2D eigenvalue weighted by atomic mass is 10.1. The van der Waals surface area contributed by atoms with Gasteiger partial charge in [-0.05, 0) is 26.0 Å². The number of hydrogen-bond donors (Lipinski definition) is 0. The summed E-state index contributed by atoms with van der Waals surface area (Å²) < 4.78 is 5.00. The monoisotopic (exact) mass is 270 g/mol. The summed E-state index contributed by atoms with van der Waals surface area (Å²) in [7, 11) is 1.61. The van der Waals surface area contributed by atoms with Crippen molar-refractivity contribution in [3.05, 3.63) is 29.1 Å². The van der Waals surface area contributed by atoms with Crippen molar-refractivity contribution in [2.45, 2.75) is 13.8 Å². The van der Waals surface area contributed by atoms with E-state index in [9.17, 15) is 4.79 Å². The van der Waals surface area contributed by atoms with E-state index in [2.05, 4.69) is 4.98 Å². The molecule has 0 aliphatic heterocycles. The number of aromatic nitrogens is 1. The van der Waals surface area contributed by atoms with E-state index in [0.717, 1.165) is 11.4 Å². The van der Waals surface area contributed by atoms with Gasteiger partial charge in [-0.25, -0.2) is 0 Å². The lowest BCUT2D eigenvalue weighted by Gasteiger charge is -2.22. The van der Waals surface area contributed by atoms with Gasteiger partial charge in [0.05, 0.1) is 17.9 Å². The van der Waals surface area contributed by atoms with Crippen LogP contribution in [0.1, 0.15) is 21.7 Å². The summed E-state index contributed by atoms with van der Waals surface area (Å²) in [5.41, 5.74) is 2.28. The van der Waals surface area contributed by atoms with Crippen molar-refractivity contribution < 1.29 is 9.53 Å². The third-order valence-electron chi connectivity index (χ3n) is 2.66. The Balaban J connectivity index is 2.87. The first-order chi connectivity index (χ1) is 8.60. The Kier molecular flexibility index (Phi) is 6.09. The van der Waals surface area contributed by atoms with Gasteiger partial charge in [0, 0.05) is 31.8 Å². The summed E-state index contributed by atoms with van der Waals surface area (Å²) in [4.78, 5) is 18.3. The lowest BCUT2D eigenvalue weighted by Crippen LogP contribution is -2.36. The highest BCUT2D eigenvalue weighted by molar-refractivity contribution is 6.18. The molecule has 1 aromatic rings. The molecule has 0 bridgehead atoms. The van der Waals surface area contributed by atoms with Crippen LogP contribution >= 0.6 is 11.6 Å². The van der Waals surface area contributed by atoms with Gasteiger partial charge in [0.2, 0.25) is 0 Å². The lowest BCUT2D eigenvalue weighted by molar-refractivity contribution is 0.0706. The summed E-state index contributed by atoms with van der Waals surface area (Å²) in [6.07, 6.45) is 0. The third-order valence-corrected chi connectivity index (χ3v) is 2.83. The molecule has 0 spiro atoms. The van der Waals surface area contributed by atoms with E-state index in [4.69, 9.17) is 16.3 Å². The van der Waals surface area contributed by atoms with Gasteiger partial charge < -0.3 is 9.64 Å². The van der Waals surface area contributed by atoms with Crippen LogP contribution in [0.3, 0.4) is 0 Å². The first kappa shape index (κ1) is 14.9. The second-order valence-electron chi connectivity index (χ2n) is 4.06. The van der Waals surface area contributed by atoms with Gasteiger partial charge in [-0.1, -0.05) is 0 Å². The van der Waals surface area contributed by atoms with Gasteiger partial charge in [0.15, 0.2) is 0 Å². The number of methoxy groups -OCH3 is 1. The molecule has 0 aromatic carbocycles. The molecule has 0 aliphatic rings. The van der Waals surface area contributed by atoms with Crippen molar-refractivity contribution >= 4 is 17.5 Å². The van der Waals surface area contributed by atoms with Crippen LogP contribution in [0, 0.1) is 13.8 Å². The predicted molar refractivity (Wildman–Crippen MR) is 72.2 cm³/mol. The number of carbonyl (C=O) groups excluding carboxylic acids is 1. The Morgan fingerprint density at radius 3 is 2.67 bits per heavy atom. The Hall–Kier alpha value is -1.13. The van der Waals surface area contributed by atoms with Gasteiger partial charge in [0.1, 0.15) is 0 Å². The minimum absolute atomic E-state index is 0.0438. The van der Waals surface area contributed by atoms with Crippen LogP contribution < -0.4 is 0 Å². The number of ether oxygens (including phenoxy) is 1. The predicted octanol–water partition coefficient (Wildman–Crippen LogP) is 2.03. The van der Waals surface area contributed by atoms with Gasteiger partial charge in [-0.15, -0.1) is 11.6 Å². The smallest absolute Gasteiger partial charge is 0.255 e. The fourth-order valence-electron chi connectivity index (χ4n) is 1.70. The molecule has 100 valence electrons. The van der Waals surface area contributed by atoms with Crippen molar-refractivity contribution in [2.75, 3.05) is 32.7 Å². The molecule has 4 nitrogen and oxygen atoms in total. The van der Waals surface area contributed by atoms with E-state index in [-0.39, 0.29) is 5.91 Å². The summed E-state index contributed by atoms with van der Waals surface area (Å²) in [6, 6.07) is 3.66. The maximum atomic E-state index is 12.3. The third kappa shape index (κ3) is 3.96. The number of halogens is 1. The number of rotatable bonds is 6. The molecule has 1 heterocycles. The standard InChI is InChI=1S/C13H19ClN2O2/c1-10-4-5-12(11(2)15-10)13(17)16(7-6-14)8-9-18-3/h4-5H,6-9H2,1-3H3. The quantitative estimate of drug-likeness (QED) is 0.743. The first-order valence-electron chi connectivity index (χ1n) is 5.88. The maximum absolute atomic E-state index is 12.3. The van der Waals surface area contributed by atoms with E-state index >= 15 is 0 Å². The number of amides is 1. The summed E-state index contributed by atoms with van der Waals surface area (Å²) >= 11 is 5.72. The minimum Gasteiger partial charge on any atom is -0.383 e. The van der Waals surface area contributed by atoms with Crippen molar-refractivity contribution in [3.8, 4) is 0 Å². The fourth-order valence-corrected chi connectivity index (χ4v) is 1.91. The molecule has 0 radical (unpaired) electrons. The topological polar surface area (TPSA) is 42.4 Å². The summed E-state index contributed by atoms with van der Waals surface area (Å²) in [5, 5.41) is 0. The van der Waals surface area contributed by atoms with Gasteiger partial charge >= 0.3 is 0 Å². The van der Waals surface area contributed by atoms with E-state index in [1.54, 1.807) is 12.0 Å². The highest BCUT2D eigenvalue weighted by atomic mass is 35.5. The normalized spacial score (nSPS) is 10.4. The van der Waals surface area contributed by atoms with Gasteiger partial charge in [-0.2, -0.15) is 0 Å². The Morgan fingerprint density at radius 1 is 1.39 bits per heavy atom.